The molecule has 0 amide bonds. The van der Waals surface area contributed by atoms with E-state index in [0.29, 0.717) is 25.9 Å². The summed E-state index contributed by atoms with van der Waals surface area (Å²) in [4.78, 5) is 9.79. The topological polar surface area (TPSA) is 92.6 Å². The van der Waals surface area contributed by atoms with Gasteiger partial charge in [-0.15, -0.1) is 12.4 Å². The Kier molecular flexibility index (Phi) is 6.46. The van der Waals surface area contributed by atoms with Crippen molar-refractivity contribution in [2.75, 3.05) is 20.1 Å². The molecule has 1 aromatic rings. The zero-order valence-electron chi connectivity index (χ0n) is 12.8. The number of benzene rings is 1. The molecule has 0 aliphatic carbocycles. The first-order chi connectivity index (χ1) is 10.2. The quantitative estimate of drug-likeness (QED) is 0.647. The molecule has 0 radical (unpaired) electrons. The lowest BCUT2D eigenvalue weighted by molar-refractivity contribution is -0.385. The van der Waals surface area contributed by atoms with Crippen molar-refractivity contribution >= 4 is 28.1 Å². The smallest absolute Gasteiger partial charge is 0.276 e. The molecule has 0 saturated carbocycles. The Bertz CT molecular complexity index is 693. The third kappa shape index (κ3) is 3.97. The molecule has 0 spiro atoms. The summed E-state index contributed by atoms with van der Waals surface area (Å²) in [6.07, 6.45) is 1.29. The molecule has 1 N–H and O–H groups in total. The van der Waals surface area contributed by atoms with E-state index in [2.05, 4.69) is 5.32 Å². The molecule has 23 heavy (non-hydrogen) atoms. The van der Waals surface area contributed by atoms with Crippen LogP contribution in [-0.4, -0.2) is 43.8 Å². The summed E-state index contributed by atoms with van der Waals surface area (Å²) in [7, 11) is -2.55. The van der Waals surface area contributed by atoms with Crippen molar-refractivity contribution in [1.29, 1.82) is 0 Å². The van der Waals surface area contributed by atoms with E-state index >= 15 is 0 Å². The number of sulfonamides is 1. The number of nitrogens with one attached hydrogen (secondary N) is 1. The van der Waals surface area contributed by atoms with E-state index in [-0.39, 0.29) is 28.9 Å². The number of hydrogen-bond acceptors (Lipinski definition) is 5. The summed E-state index contributed by atoms with van der Waals surface area (Å²) in [5.74, 6) is -0.897. The molecule has 0 bridgehead atoms. The molecule has 1 heterocycles. The zero-order valence-corrected chi connectivity index (χ0v) is 14.4. The van der Waals surface area contributed by atoms with Crippen molar-refractivity contribution in [3.8, 4) is 0 Å². The molecular formula is C13H19ClFN3O4S. The number of halogens is 2. The fraction of sp³-hybridized carbons (Fsp3) is 0.538. The molecule has 10 heteroatoms. The van der Waals surface area contributed by atoms with Gasteiger partial charge in [0, 0.05) is 19.2 Å². The standard InChI is InChI=1S/C13H18FN3O4S.ClH/c1-9-12(14)7-11(8-13(9)17(18)19)22(20,21)16(2)10-3-5-15-6-4-10;/h7-8,10,15H,3-6H2,1-2H3;1H. The van der Waals surface area contributed by atoms with Crippen LogP contribution in [0.1, 0.15) is 18.4 Å². The second kappa shape index (κ2) is 7.52. The van der Waals surface area contributed by atoms with Gasteiger partial charge in [0.15, 0.2) is 0 Å². The van der Waals surface area contributed by atoms with Crippen molar-refractivity contribution in [2.24, 2.45) is 0 Å². The van der Waals surface area contributed by atoms with Gasteiger partial charge in [0.1, 0.15) is 5.82 Å². The van der Waals surface area contributed by atoms with Gasteiger partial charge in [0.2, 0.25) is 10.0 Å². The number of hydrogen-bond donors (Lipinski definition) is 1. The van der Waals surface area contributed by atoms with Gasteiger partial charge >= 0.3 is 0 Å². The molecule has 1 aromatic carbocycles. The first-order valence-corrected chi connectivity index (χ1v) is 8.32. The highest BCUT2D eigenvalue weighted by atomic mass is 35.5. The lowest BCUT2D eigenvalue weighted by atomic mass is 10.1. The van der Waals surface area contributed by atoms with Crippen LogP contribution in [0.5, 0.6) is 0 Å². The van der Waals surface area contributed by atoms with Gasteiger partial charge in [-0.3, -0.25) is 10.1 Å². The minimum atomic E-state index is -3.97. The second-order valence-electron chi connectivity index (χ2n) is 5.31. The predicted molar refractivity (Wildman–Crippen MR) is 85.9 cm³/mol. The fourth-order valence-corrected chi connectivity index (χ4v) is 3.96. The summed E-state index contributed by atoms with van der Waals surface area (Å²) in [6.45, 7) is 2.65. The van der Waals surface area contributed by atoms with Gasteiger partial charge in [-0.2, -0.15) is 4.31 Å². The van der Waals surface area contributed by atoms with Gasteiger partial charge in [-0.25, -0.2) is 12.8 Å². The Hall–Kier alpha value is -1.29. The van der Waals surface area contributed by atoms with E-state index in [1.54, 1.807) is 0 Å². The third-order valence-corrected chi connectivity index (χ3v) is 5.87. The van der Waals surface area contributed by atoms with Crippen LogP contribution in [0.15, 0.2) is 17.0 Å². The van der Waals surface area contributed by atoms with Crippen LogP contribution in [-0.2, 0) is 10.0 Å². The first kappa shape index (κ1) is 19.8. The van der Waals surface area contributed by atoms with E-state index in [4.69, 9.17) is 0 Å². The van der Waals surface area contributed by atoms with Gasteiger partial charge in [0.05, 0.1) is 15.4 Å². The molecule has 0 unspecified atom stereocenters. The van der Waals surface area contributed by atoms with Crippen molar-refractivity contribution in [3.63, 3.8) is 0 Å². The lowest BCUT2D eigenvalue weighted by Crippen LogP contribution is -2.43. The maximum atomic E-state index is 13.8. The summed E-state index contributed by atoms with van der Waals surface area (Å²) in [5, 5.41) is 14.1. The Labute approximate surface area is 140 Å². The molecule has 130 valence electrons. The molecule has 2 rings (SSSR count). The van der Waals surface area contributed by atoms with Crippen molar-refractivity contribution < 1.29 is 17.7 Å². The van der Waals surface area contributed by atoms with Crippen LogP contribution in [0.25, 0.3) is 0 Å². The zero-order chi connectivity index (χ0) is 16.5. The average Bonchev–Trinajstić information content (AvgIpc) is 2.49. The minimum absolute atomic E-state index is 0. The molecule has 1 aliphatic rings. The number of nitrogens with zero attached hydrogens (tertiary/aromatic N) is 2. The normalized spacial score (nSPS) is 16.2. The Morgan fingerprint density at radius 2 is 1.91 bits per heavy atom. The van der Waals surface area contributed by atoms with Gasteiger partial charge in [-0.05, 0) is 38.9 Å². The van der Waals surface area contributed by atoms with Gasteiger partial charge in [-0.1, -0.05) is 0 Å². The van der Waals surface area contributed by atoms with Crippen LogP contribution in [0.2, 0.25) is 0 Å². The van der Waals surface area contributed by atoms with Crippen LogP contribution in [0, 0.1) is 22.9 Å². The van der Waals surface area contributed by atoms with E-state index in [1.807, 2.05) is 0 Å². The minimum Gasteiger partial charge on any atom is -0.317 e. The van der Waals surface area contributed by atoms with E-state index < -0.39 is 26.5 Å². The van der Waals surface area contributed by atoms with Crippen LogP contribution < -0.4 is 5.32 Å². The molecule has 7 nitrogen and oxygen atoms in total. The van der Waals surface area contributed by atoms with E-state index in [1.165, 1.54) is 18.3 Å². The summed E-state index contributed by atoms with van der Waals surface area (Å²) < 4.78 is 40.2. The Morgan fingerprint density at radius 1 is 1.35 bits per heavy atom. The summed E-state index contributed by atoms with van der Waals surface area (Å²) >= 11 is 0. The molecule has 1 saturated heterocycles. The van der Waals surface area contributed by atoms with Gasteiger partial charge in [0.25, 0.3) is 5.69 Å². The highest BCUT2D eigenvalue weighted by molar-refractivity contribution is 7.89. The van der Waals surface area contributed by atoms with Crippen LogP contribution in [0.4, 0.5) is 10.1 Å². The number of piperidine rings is 1. The van der Waals surface area contributed by atoms with Crippen molar-refractivity contribution in [1.82, 2.24) is 9.62 Å². The van der Waals surface area contributed by atoms with Gasteiger partial charge < -0.3 is 5.32 Å². The largest absolute Gasteiger partial charge is 0.317 e. The number of nitro groups is 1. The molecule has 0 atom stereocenters. The molecule has 0 aromatic heterocycles. The number of rotatable bonds is 4. The maximum absolute atomic E-state index is 13.8. The molecule has 1 aliphatic heterocycles. The SMILES string of the molecule is Cc1c(F)cc(S(=O)(=O)N(C)C2CCNCC2)cc1[N+](=O)[O-].Cl. The number of nitro benzene ring substituents is 1. The first-order valence-electron chi connectivity index (χ1n) is 6.88. The highest BCUT2D eigenvalue weighted by Crippen LogP contribution is 2.28. The second-order valence-corrected chi connectivity index (χ2v) is 7.31. The summed E-state index contributed by atoms with van der Waals surface area (Å²) in [5.41, 5.74) is -0.703. The lowest BCUT2D eigenvalue weighted by Gasteiger charge is -2.30. The van der Waals surface area contributed by atoms with Crippen LogP contribution >= 0.6 is 12.4 Å². The molecule has 1 fully saturated rings. The predicted octanol–water partition coefficient (Wildman–Crippen LogP) is 1.84. The fourth-order valence-electron chi connectivity index (χ4n) is 2.51. The Morgan fingerprint density at radius 3 is 2.43 bits per heavy atom. The van der Waals surface area contributed by atoms with Crippen molar-refractivity contribution in [2.45, 2.75) is 30.7 Å². The summed E-state index contributed by atoms with van der Waals surface area (Å²) in [6, 6.07) is 1.57. The maximum Gasteiger partial charge on any atom is 0.276 e. The molecular weight excluding hydrogens is 349 g/mol. The average molecular weight is 368 g/mol. The van der Waals surface area contributed by atoms with Crippen LogP contribution in [0.3, 0.4) is 0 Å². The van der Waals surface area contributed by atoms with E-state index in [0.717, 1.165) is 12.1 Å². The monoisotopic (exact) mass is 367 g/mol. The Balaban J connectivity index is 0.00000264. The van der Waals surface area contributed by atoms with E-state index in [9.17, 15) is 22.9 Å². The third-order valence-electron chi connectivity index (χ3n) is 3.99. The van der Waals surface area contributed by atoms with Crippen molar-refractivity contribution in [3.05, 3.63) is 33.6 Å². The highest BCUT2D eigenvalue weighted by Gasteiger charge is 2.31.